The number of halogens is 2. The molecule has 18 heavy (non-hydrogen) atoms. The number of benzene rings is 1. The molecule has 0 aliphatic rings. The SMILES string of the molecule is C=C(Br)CNC(=O)c1cc(C)cc(S(=O)(=O)Cl)c1. The molecule has 1 aromatic carbocycles. The fourth-order valence-corrected chi connectivity index (χ4v) is 2.30. The number of carbonyl (C=O) groups excluding carboxylic acids is 1. The van der Waals surface area contributed by atoms with Gasteiger partial charge in [-0.2, -0.15) is 0 Å². The Morgan fingerprint density at radius 3 is 2.56 bits per heavy atom. The maximum Gasteiger partial charge on any atom is 0.261 e. The van der Waals surface area contributed by atoms with E-state index >= 15 is 0 Å². The molecule has 0 fully saturated rings. The second-order valence-corrected chi connectivity index (χ2v) is 7.36. The number of hydrogen-bond donors (Lipinski definition) is 1. The van der Waals surface area contributed by atoms with Gasteiger partial charge in [-0.25, -0.2) is 8.42 Å². The van der Waals surface area contributed by atoms with Crippen molar-refractivity contribution in [3.8, 4) is 0 Å². The maximum atomic E-state index is 11.8. The van der Waals surface area contributed by atoms with Gasteiger partial charge in [0.15, 0.2) is 0 Å². The minimum Gasteiger partial charge on any atom is -0.347 e. The van der Waals surface area contributed by atoms with Crippen LogP contribution in [0.2, 0.25) is 0 Å². The highest BCUT2D eigenvalue weighted by atomic mass is 79.9. The van der Waals surface area contributed by atoms with Crippen LogP contribution in [0.1, 0.15) is 15.9 Å². The molecule has 1 N–H and O–H groups in total. The summed E-state index contributed by atoms with van der Waals surface area (Å²) < 4.78 is 23.1. The second-order valence-electron chi connectivity index (χ2n) is 3.67. The van der Waals surface area contributed by atoms with E-state index in [-0.39, 0.29) is 22.9 Å². The van der Waals surface area contributed by atoms with Crippen molar-refractivity contribution in [2.75, 3.05) is 6.54 Å². The molecule has 0 saturated carbocycles. The van der Waals surface area contributed by atoms with Gasteiger partial charge < -0.3 is 5.32 Å². The molecule has 0 saturated heterocycles. The fourth-order valence-electron chi connectivity index (χ4n) is 1.30. The van der Waals surface area contributed by atoms with Crippen LogP contribution < -0.4 is 5.32 Å². The highest BCUT2D eigenvalue weighted by Crippen LogP contribution is 2.18. The van der Waals surface area contributed by atoms with Gasteiger partial charge in [-0.1, -0.05) is 22.5 Å². The van der Waals surface area contributed by atoms with Gasteiger partial charge in [-0.15, -0.1) is 0 Å². The molecule has 98 valence electrons. The normalized spacial score (nSPS) is 11.1. The molecule has 1 amide bonds. The first-order valence-corrected chi connectivity index (χ1v) is 7.98. The van der Waals surface area contributed by atoms with Crippen LogP contribution in [-0.4, -0.2) is 20.9 Å². The van der Waals surface area contributed by atoms with E-state index in [1.807, 2.05) is 0 Å². The zero-order valence-electron chi connectivity index (χ0n) is 9.54. The van der Waals surface area contributed by atoms with Crippen molar-refractivity contribution in [1.29, 1.82) is 0 Å². The Balaban J connectivity index is 3.07. The van der Waals surface area contributed by atoms with Crippen molar-refractivity contribution in [3.05, 3.63) is 40.4 Å². The zero-order chi connectivity index (χ0) is 13.9. The largest absolute Gasteiger partial charge is 0.347 e. The van der Waals surface area contributed by atoms with Crippen LogP contribution in [0.3, 0.4) is 0 Å². The average molecular weight is 353 g/mol. The van der Waals surface area contributed by atoms with Crippen LogP contribution >= 0.6 is 26.6 Å². The van der Waals surface area contributed by atoms with Crippen LogP contribution in [0.25, 0.3) is 0 Å². The summed E-state index contributed by atoms with van der Waals surface area (Å²) in [5, 5.41) is 2.58. The molecule has 1 rings (SSSR count). The molecular weight excluding hydrogens is 342 g/mol. The molecule has 0 radical (unpaired) electrons. The minimum absolute atomic E-state index is 0.0908. The molecule has 0 unspecified atom stereocenters. The molecule has 0 bridgehead atoms. The van der Waals surface area contributed by atoms with E-state index in [9.17, 15) is 13.2 Å². The predicted molar refractivity (Wildman–Crippen MR) is 74.6 cm³/mol. The Kier molecular flexibility index (Phi) is 4.95. The molecule has 4 nitrogen and oxygen atoms in total. The molecule has 0 heterocycles. The molecule has 0 atom stereocenters. The first-order chi connectivity index (χ1) is 8.20. The smallest absolute Gasteiger partial charge is 0.261 e. The molecular formula is C11H11BrClNO3S. The highest BCUT2D eigenvalue weighted by Gasteiger charge is 2.14. The third-order valence-electron chi connectivity index (χ3n) is 2.04. The summed E-state index contributed by atoms with van der Waals surface area (Å²) in [5.74, 6) is -0.388. The standard InChI is InChI=1S/C11H11BrClNO3S/c1-7-3-9(11(15)14-6-8(2)12)5-10(4-7)18(13,16)17/h3-5H,2,6H2,1H3,(H,14,15). The van der Waals surface area contributed by atoms with Gasteiger partial charge in [-0.3, -0.25) is 4.79 Å². The molecule has 0 aliphatic carbocycles. The van der Waals surface area contributed by atoms with Crippen molar-refractivity contribution in [3.63, 3.8) is 0 Å². The summed E-state index contributed by atoms with van der Waals surface area (Å²) in [6.07, 6.45) is 0. The lowest BCUT2D eigenvalue weighted by molar-refractivity contribution is 0.0957. The van der Waals surface area contributed by atoms with Gasteiger partial charge in [0.05, 0.1) is 4.90 Å². The lowest BCUT2D eigenvalue weighted by Gasteiger charge is -2.06. The molecule has 0 spiro atoms. The van der Waals surface area contributed by atoms with Crippen LogP contribution in [0.5, 0.6) is 0 Å². The quantitative estimate of drug-likeness (QED) is 0.847. The lowest BCUT2D eigenvalue weighted by atomic mass is 10.1. The van der Waals surface area contributed by atoms with Crippen molar-refractivity contribution < 1.29 is 13.2 Å². The molecule has 0 aliphatic heterocycles. The van der Waals surface area contributed by atoms with Gasteiger partial charge in [0, 0.05) is 27.3 Å². The van der Waals surface area contributed by atoms with E-state index in [0.29, 0.717) is 10.0 Å². The Morgan fingerprint density at radius 2 is 2.06 bits per heavy atom. The van der Waals surface area contributed by atoms with Gasteiger partial charge >= 0.3 is 0 Å². The van der Waals surface area contributed by atoms with Gasteiger partial charge in [0.25, 0.3) is 15.0 Å². The van der Waals surface area contributed by atoms with Crippen LogP contribution in [0.4, 0.5) is 0 Å². The van der Waals surface area contributed by atoms with E-state index in [1.54, 1.807) is 13.0 Å². The topological polar surface area (TPSA) is 63.2 Å². The highest BCUT2D eigenvalue weighted by molar-refractivity contribution is 9.11. The number of aryl methyl sites for hydroxylation is 1. The van der Waals surface area contributed by atoms with Gasteiger partial charge in [-0.05, 0) is 30.7 Å². The van der Waals surface area contributed by atoms with Crippen LogP contribution in [0, 0.1) is 6.92 Å². The van der Waals surface area contributed by atoms with E-state index < -0.39 is 9.05 Å². The van der Waals surface area contributed by atoms with E-state index in [0.717, 1.165) is 0 Å². The number of carbonyl (C=O) groups is 1. The fraction of sp³-hybridized carbons (Fsp3) is 0.182. The van der Waals surface area contributed by atoms with Crippen molar-refractivity contribution in [2.45, 2.75) is 11.8 Å². The summed E-state index contributed by atoms with van der Waals surface area (Å²) >= 11 is 3.11. The zero-order valence-corrected chi connectivity index (χ0v) is 12.7. The van der Waals surface area contributed by atoms with Crippen molar-refractivity contribution in [2.24, 2.45) is 0 Å². The van der Waals surface area contributed by atoms with Gasteiger partial charge in [0.2, 0.25) is 0 Å². The first-order valence-electron chi connectivity index (χ1n) is 4.88. The Bertz CT molecular complexity index is 598. The van der Waals surface area contributed by atoms with E-state index in [1.165, 1.54) is 12.1 Å². The monoisotopic (exact) mass is 351 g/mol. The summed E-state index contributed by atoms with van der Waals surface area (Å²) in [6.45, 7) is 5.53. The number of nitrogens with one attached hydrogen (secondary N) is 1. The Labute approximate surface area is 119 Å². The number of hydrogen-bond acceptors (Lipinski definition) is 3. The summed E-state index contributed by atoms with van der Waals surface area (Å²) in [4.78, 5) is 11.7. The van der Waals surface area contributed by atoms with Crippen LogP contribution in [0.15, 0.2) is 34.2 Å². The maximum absolute atomic E-state index is 11.8. The Morgan fingerprint density at radius 1 is 1.44 bits per heavy atom. The van der Waals surface area contributed by atoms with Crippen LogP contribution in [-0.2, 0) is 9.05 Å². The predicted octanol–water partition coefficient (Wildman–Crippen LogP) is 2.56. The molecule has 0 aromatic heterocycles. The van der Waals surface area contributed by atoms with Crippen molar-refractivity contribution in [1.82, 2.24) is 5.32 Å². The Hall–Kier alpha value is -0.850. The molecule has 1 aromatic rings. The number of amides is 1. The third kappa shape index (κ3) is 4.44. The first kappa shape index (κ1) is 15.2. The van der Waals surface area contributed by atoms with Gasteiger partial charge in [0.1, 0.15) is 0 Å². The van der Waals surface area contributed by atoms with E-state index in [2.05, 4.69) is 27.8 Å². The average Bonchev–Trinajstić information content (AvgIpc) is 2.23. The van der Waals surface area contributed by atoms with Crippen molar-refractivity contribution >= 4 is 41.6 Å². The lowest BCUT2D eigenvalue weighted by Crippen LogP contribution is -2.24. The summed E-state index contributed by atoms with van der Waals surface area (Å²) in [6, 6.07) is 4.22. The summed E-state index contributed by atoms with van der Waals surface area (Å²) in [5.41, 5.74) is 0.877. The second kappa shape index (κ2) is 5.86. The summed E-state index contributed by atoms with van der Waals surface area (Å²) in [7, 11) is 1.41. The minimum atomic E-state index is -3.85. The molecule has 7 heteroatoms. The van der Waals surface area contributed by atoms with E-state index in [4.69, 9.17) is 10.7 Å². The number of rotatable bonds is 4. The third-order valence-corrected chi connectivity index (χ3v) is 3.65.